The number of aromatic nitrogens is 2. The third-order valence-corrected chi connectivity index (χ3v) is 4.98. The second kappa shape index (κ2) is 5.79. The van der Waals surface area contributed by atoms with Gasteiger partial charge in [-0.3, -0.25) is 10.1 Å². The van der Waals surface area contributed by atoms with E-state index in [0.717, 1.165) is 21.6 Å². The van der Waals surface area contributed by atoms with Crippen LogP contribution >= 0.6 is 22.7 Å². The molecular weight excluding hydrogens is 306 g/mol. The molecule has 1 aromatic carbocycles. The summed E-state index contributed by atoms with van der Waals surface area (Å²) in [4.78, 5) is 21.4. The number of para-hydroxylation sites is 1. The molecule has 3 rings (SSSR count). The Kier molecular flexibility index (Phi) is 3.85. The van der Waals surface area contributed by atoms with Gasteiger partial charge in [-0.1, -0.05) is 24.3 Å². The van der Waals surface area contributed by atoms with E-state index in [1.54, 1.807) is 13.3 Å². The minimum absolute atomic E-state index is 0.176. The molecule has 2 heterocycles. The van der Waals surface area contributed by atoms with E-state index in [-0.39, 0.29) is 5.91 Å². The number of fused-ring (bicyclic) bond motifs is 1. The van der Waals surface area contributed by atoms with Crippen LogP contribution in [0.3, 0.4) is 0 Å². The van der Waals surface area contributed by atoms with E-state index in [1.807, 2.05) is 25.1 Å². The normalized spacial score (nSPS) is 10.8. The summed E-state index contributed by atoms with van der Waals surface area (Å²) in [6.45, 7) is 2.01. The first kappa shape index (κ1) is 14.0. The smallest absolute Gasteiger partial charge is 0.269 e. The molecule has 2 aromatic heterocycles. The van der Waals surface area contributed by atoms with Crippen LogP contribution in [0.25, 0.3) is 10.2 Å². The zero-order chi connectivity index (χ0) is 14.8. The van der Waals surface area contributed by atoms with Gasteiger partial charge in [0.15, 0.2) is 5.13 Å². The van der Waals surface area contributed by atoms with Crippen LogP contribution < -0.4 is 10.1 Å². The Bertz CT molecular complexity index is 794. The maximum absolute atomic E-state index is 12.2. The van der Waals surface area contributed by atoms with Crippen LogP contribution in [0.5, 0.6) is 5.75 Å². The van der Waals surface area contributed by atoms with Crippen molar-refractivity contribution >= 4 is 43.9 Å². The monoisotopic (exact) mass is 319 g/mol. The van der Waals surface area contributed by atoms with E-state index in [9.17, 15) is 4.79 Å². The fraction of sp³-hybridized carbons (Fsp3) is 0.214. The van der Waals surface area contributed by atoms with Crippen molar-refractivity contribution in [1.82, 2.24) is 9.97 Å². The fourth-order valence-corrected chi connectivity index (χ4v) is 3.51. The zero-order valence-corrected chi connectivity index (χ0v) is 13.2. The minimum Gasteiger partial charge on any atom is -0.494 e. The van der Waals surface area contributed by atoms with E-state index < -0.39 is 0 Å². The lowest BCUT2D eigenvalue weighted by molar-refractivity contribution is 0.103. The van der Waals surface area contributed by atoms with Crippen molar-refractivity contribution in [3.63, 3.8) is 0 Å². The standard InChI is InChI=1S/C14H13N3O2S2/c1-3-11-15-7-10(20-11)13(18)17-14-16-12-8(19-2)5-4-6-9(12)21-14/h4-7H,3H2,1-2H3,(H,16,17,18). The van der Waals surface area contributed by atoms with Gasteiger partial charge in [-0.2, -0.15) is 0 Å². The average Bonchev–Trinajstić information content (AvgIpc) is 3.12. The molecule has 0 aliphatic heterocycles. The average molecular weight is 319 g/mol. The number of hydrogen-bond donors (Lipinski definition) is 1. The van der Waals surface area contributed by atoms with Crippen LogP contribution in [0.4, 0.5) is 5.13 Å². The SMILES string of the molecule is CCc1ncc(C(=O)Nc2nc3c(OC)cccc3s2)s1. The predicted molar refractivity (Wildman–Crippen MR) is 85.6 cm³/mol. The molecule has 0 fully saturated rings. The van der Waals surface area contributed by atoms with Crippen molar-refractivity contribution in [1.29, 1.82) is 0 Å². The summed E-state index contributed by atoms with van der Waals surface area (Å²) >= 11 is 2.83. The lowest BCUT2D eigenvalue weighted by Gasteiger charge is -1.98. The molecule has 0 saturated heterocycles. The molecule has 0 aliphatic rings. The molecule has 1 N–H and O–H groups in total. The zero-order valence-electron chi connectivity index (χ0n) is 11.5. The van der Waals surface area contributed by atoms with E-state index in [4.69, 9.17) is 4.74 Å². The predicted octanol–water partition coefficient (Wildman–Crippen LogP) is 3.58. The third-order valence-electron chi connectivity index (χ3n) is 2.90. The number of amides is 1. The summed E-state index contributed by atoms with van der Waals surface area (Å²) in [5.74, 6) is 0.528. The molecule has 0 spiro atoms. The number of benzene rings is 1. The van der Waals surface area contributed by atoms with Crippen molar-refractivity contribution in [2.75, 3.05) is 12.4 Å². The fourth-order valence-electron chi connectivity index (χ4n) is 1.88. The largest absolute Gasteiger partial charge is 0.494 e. The van der Waals surface area contributed by atoms with Crippen molar-refractivity contribution in [3.8, 4) is 5.75 Å². The second-order valence-electron chi connectivity index (χ2n) is 4.25. The molecule has 7 heteroatoms. The van der Waals surface area contributed by atoms with Crippen molar-refractivity contribution in [3.05, 3.63) is 34.3 Å². The molecule has 3 aromatic rings. The van der Waals surface area contributed by atoms with Crippen LogP contribution in [0.1, 0.15) is 21.6 Å². The summed E-state index contributed by atoms with van der Waals surface area (Å²) < 4.78 is 6.25. The van der Waals surface area contributed by atoms with Crippen molar-refractivity contribution in [2.24, 2.45) is 0 Å². The molecule has 0 atom stereocenters. The number of anilines is 1. The number of methoxy groups -OCH3 is 1. The molecule has 21 heavy (non-hydrogen) atoms. The van der Waals surface area contributed by atoms with Gasteiger partial charge in [-0.15, -0.1) is 11.3 Å². The van der Waals surface area contributed by atoms with E-state index >= 15 is 0 Å². The van der Waals surface area contributed by atoms with Gasteiger partial charge in [-0.05, 0) is 18.6 Å². The molecular formula is C14H13N3O2S2. The van der Waals surface area contributed by atoms with Crippen molar-refractivity contribution in [2.45, 2.75) is 13.3 Å². The molecule has 108 valence electrons. The number of nitrogens with zero attached hydrogens (tertiary/aromatic N) is 2. The number of aryl methyl sites for hydroxylation is 1. The minimum atomic E-state index is -0.176. The van der Waals surface area contributed by atoms with Gasteiger partial charge in [0.1, 0.15) is 16.1 Å². The first-order chi connectivity index (χ1) is 10.2. The summed E-state index contributed by atoms with van der Waals surface area (Å²) in [6.07, 6.45) is 2.43. The van der Waals surface area contributed by atoms with Gasteiger partial charge in [-0.25, -0.2) is 9.97 Å². The lowest BCUT2D eigenvalue weighted by Crippen LogP contribution is -2.09. The third kappa shape index (κ3) is 2.74. The number of carbonyl (C=O) groups is 1. The summed E-state index contributed by atoms with van der Waals surface area (Å²) in [5.41, 5.74) is 0.763. The molecule has 0 bridgehead atoms. The van der Waals surface area contributed by atoms with Gasteiger partial charge >= 0.3 is 0 Å². The Morgan fingerprint density at radius 1 is 1.38 bits per heavy atom. The lowest BCUT2D eigenvalue weighted by atomic mass is 10.3. The summed E-state index contributed by atoms with van der Waals surface area (Å²) in [5, 5.41) is 4.33. The number of nitrogens with one attached hydrogen (secondary N) is 1. The van der Waals surface area contributed by atoms with Crippen LogP contribution in [-0.4, -0.2) is 23.0 Å². The quantitative estimate of drug-likeness (QED) is 0.798. The molecule has 0 aliphatic carbocycles. The van der Waals surface area contributed by atoms with Gasteiger partial charge < -0.3 is 4.74 Å². The van der Waals surface area contributed by atoms with Crippen LogP contribution in [0.15, 0.2) is 24.4 Å². The number of ether oxygens (including phenoxy) is 1. The Morgan fingerprint density at radius 3 is 2.95 bits per heavy atom. The highest BCUT2D eigenvalue weighted by atomic mass is 32.1. The molecule has 0 saturated carbocycles. The Labute approximate surface area is 129 Å². The Hall–Kier alpha value is -1.99. The maximum Gasteiger partial charge on any atom is 0.269 e. The summed E-state index contributed by atoms with van der Waals surface area (Å²) in [6, 6.07) is 5.71. The molecule has 0 radical (unpaired) electrons. The van der Waals surface area contributed by atoms with Crippen LogP contribution in [0.2, 0.25) is 0 Å². The van der Waals surface area contributed by atoms with Gasteiger partial charge in [0.25, 0.3) is 5.91 Å². The highest BCUT2D eigenvalue weighted by Gasteiger charge is 2.14. The van der Waals surface area contributed by atoms with Gasteiger partial charge in [0, 0.05) is 0 Å². The van der Waals surface area contributed by atoms with Gasteiger partial charge in [0.2, 0.25) is 0 Å². The van der Waals surface area contributed by atoms with Crippen molar-refractivity contribution < 1.29 is 9.53 Å². The topological polar surface area (TPSA) is 64.1 Å². The number of thiazole rings is 2. The van der Waals surface area contributed by atoms with Crippen LogP contribution in [-0.2, 0) is 6.42 Å². The number of rotatable bonds is 4. The molecule has 0 unspecified atom stereocenters. The molecule has 1 amide bonds. The van der Waals surface area contributed by atoms with Gasteiger partial charge in [0.05, 0.1) is 23.0 Å². The Balaban J connectivity index is 1.86. The highest BCUT2D eigenvalue weighted by Crippen LogP contribution is 2.32. The first-order valence-electron chi connectivity index (χ1n) is 6.41. The second-order valence-corrected chi connectivity index (χ2v) is 6.40. The molecule has 5 nitrogen and oxygen atoms in total. The Morgan fingerprint density at radius 2 is 2.24 bits per heavy atom. The highest BCUT2D eigenvalue weighted by molar-refractivity contribution is 7.22. The summed E-state index contributed by atoms with van der Waals surface area (Å²) in [7, 11) is 1.61. The maximum atomic E-state index is 12.2. The van der Waals surface area contributed by atoms with E-state index in [1.165, 1.54) is 22.7 Å². The van der Waals surface area contributed by atoms with Crippen LogP contribution in [0, 0.1) is 0 Å². The van der Waals surface area contributed by atoms with E-state index in [0.29, 0.717) is 15.8 Å². The van der Waals surface area contributed by atoms with E-state index in [2.05, 4.69) is 15.3 Å². The first-order valence-corrected chi connectivity index (χ1v) is 8.04. The number of hydrogen-bond acceptors (Lipinski definition) is 6. The number of carbonyl (C=O) groups excluding carboxylic acids is 1.